The molecule has 0 spiro atoms. The Kier molecular flexibility index (Phi) is 2.67. The summed E-state index contributed by atoms with van der Waals surface area (Å²) in [5, 5.41) is 45.0. The first-order valence-electron chi connectivity index (χ1n) is 3.52. The first-order chi connectivity index (χ1) is 5.51. The molecule has 1 saturated heterocycles. The Balaban J connectivity index is 2.71. The second kappa shape index (κ2) is 3.25. The molecule has 0 aromatic carbocycles. The SMILES string of the molecule is O[13CH2][13C]1(O)OC[C@H](O)[C@H](O)[13CH]1O. The molecule has 72 valence electrons. The molecule has 0 aliphatic carbocycles. The summed E-state index contributed by atoms with van der Waals surface area (Å²) >= 11 is 0. The lowest BCUT2D eigenvalue weighted by molar-refractivity contribution is -0.331. The van der Waals surface area contributed by atoms with Crippen molar-refractivity contribution in [2.24, 2.45) is 0 Å². The van der Waals surface area contributed by atoms with Gasteiger partial charge in [0.1, 0.15) is 18.3 Å². The average Bonchev–Trinajstić information content (AvgIpc) is 2.09. The van der Waals surface area contributed by atoms with Gasteiger partial charge in [-0.15, -0.1) is 0 Å². The van der Waals surface area contributed by atoms with Crippen LogP contribution in [0.15, 0.2) is 0 Å². The van der Waals surface area contributed by atoms with Crippen LogP contribution in [0.25, 0.3) is 0 Å². The zero-order valence-corrected chi connectivity index (χ0v) is 6.29. The highest BCUT2D eigenvalue weighted by Gasteiger charge is 2.47. The minimum atomic E-state index is -2.17. The molecular formula is C6H12O6. The number of hydrogen-bond acceptors (Lipinski definition) is 6. The van der Waals surface area contributed by atoms with Crippen LogP contribution in [0.1, 0.15) is 0 Å². The second-order valence-electron chi connectivity index (χ2n) is 2.82. The number of ether oxygens (including phenoxy) is 1. The maximum absolute atomic E-state index is 9.24. The highest BCUT2D eigenvalue weighted by molar-refractivity contribution is 4.90. The van der Waals surface area contributed by atoms with Crippen molar-refractivity contribution in [3.8, 4) is 0 Å². The Labute approximate surface area is 68.6 Å². The first-order valence-corrected chi connectivity index (χ1v) is 3.52. The molecule has 0 amide bonds. The molecule has 6 nitrogen and oxygen atoms in total. The van der Waals surface area contributed by atoms with Crippen molar-refractivity contribution >= 4 is 0 Å². The van der Waals surface area contributed by atoms with Crippen LogP contribution in [0.3, 0.4) is 0 Å². The highest BCUT2D eigenvalue weighted by atomic mass is 16.8. The van der Waals surface area contributed by atoms with Crippen LogP contribution in [0.4, 0.5) is 0 Å². The summed E-state index contributed by atoms with van der Waals surface area (Å²) < 4.78 is 4.56. The van der Waals surface area contributed by atoms with Crippen molar-refractivity contribution < 1.29 is 30.3 Å². The molecule has 0 bridgehead atoms. The van der Waals surface area contributed by atoms with Gasteiger partial charge in [0.05, 0.1) is 13.2 Å². The van der Waals surface area contributed by atoms with E-state index >= 15 is 0 Å². The van der Waals surface area contributed by atoms with E-state index in [1.807, 2.05) is 0 Å². The molecular weight excluding hydrogens is 171 g/mol. The van der Waals surface area contributed by atoms with Gasteiger partial charge in [-0.2, -0.15) is 0 Å². The van der Waals surface area contributed by atoms with Gasteiger partial charge in [0.2, 0.25) is 5.79 Å². The number of hydrogen-bond donors (Lipinski definition) is 5. The van der Waals surface area contributed by atoms with Crippen molar-refractivity contribution in [3.05, 3.63) is 0 Å². The predicted molar refractivity (Wildman–Crippen MR) is 36.0 cm³/mol. The lowest BCUT2D eigenvalue weighted by Gasteiger charge is -2.40. The van der Waals surface area contributed by atoms with Crippen molar-refractivity contribution in [2.75, 3.05) is 13.2 Å². The molecule has 0 aromatic heterocycles. The van der Waals surface area contributed by atoms with Gasteiger partial charge < -0.3 is 30.3 Å². The molecule has 0 radical (unpaired) electrons. The smallest absolute Gasteiger partial charge is 0.218 e. The number of aliphatic hydroxyl groups is 5. The summed E-state index contributed by atoms with van der Waals surface area (Å²) in [5.74, 6) is -2.17. The van der Waals surface area contributed by atoms with E-state index in [1.165, 1.54) is 0 Å². The Morgan fingerprint density at radius 3 is 2.42 bits per heavy atom. The van der Waals surface area contributed by atoms with E-state index in [0.717, 1.165) is 0 Å². The zero-order chi connectivity index (χ0) is 9.35. The first kappa shape index (κ1) is 9.85. The molecule has 1 rings (SSSR count). The van der Waals surface area contributed by atoms with Gasteiger partial charge in [-0.1, -0.05) is 0 Å². The van der Waals surface area contributed by atoms with E-state index < -0.39 is 30.7 Å². The van der Waals surface area contributed by atoms with Crippen molar-refractivity contribution in [2.45, 2.75) is 24.1 Å². The zero-order valence-electron chi connectivity index (χ0n) is 6.29. The fourth-order valence-electron chi connectivity index (χ4n) is 1.03. The third-order valence-electron chi connectivity index (χ3n) is 1.91. The normalized spacial score (nSPS) is 49.2. The molecule has 1 aliphatic rings. The van der Waals surface area contributed by atoms with E-state index in [1.54, 1.807) is 0 Å². The average molecular weight is 183 g/mol. The third-order valence-corrected chi connectivity index (χ3v) is 1.91. The lowest BCUT2D eigenvalue weighted by Crippen LogP contribution is -2.62. The Hall–Kier alpha value is -0.240. The molecule has 0 aromatic rings. The van der Waals surface area contributed by atoms with Gasteiger partial charge in [-0.3, -0.25) is 0 Å². The van der Waals surface area contributed by atoms with E-state index in [2.05, 4.69) is 4.74 Å². The van der Waals surface area contributed by atoms with Crippen molar-refractivity contribution in [1.82, 2.24) is 0 Å². The summed E-state index contributed by atoms with van der Waals surface area (Å²) in [6.45, 7) is -1.16. The van der Waals surface area contributed by atoms with Crippen molar-refractivity contribution in [3.63, 3.8) is 0 Å². The van der Waals surface area contributed by atoms with Gasteiger partial charge in [-0.05, 0) is 0 Å². The van der Waals surface area contributed by atoms with E-state index in [0.29, 0.717) is 0 Å². The molecule has 0 saturated carbocycles. The number of rotatable bonds is 1. The Morgan fingerprint density at radius 2 is 1.92 bits per heavy atom. The summed E-state index contributed by atoms with van der Waals surface area (Å²) in [5.41, 5.74) is 0. The lowest BCUT2D eigenvalue weighted by atomic mass is 10.2. The van der Waals surface area contributed by atoms with Gasteiger partial charge >= 0.3 is 0 Å². The maximum Gasteiger partial charge on any atom is 0.218 e. The van der Waals surface area contributed by atoms with E-state index in [9.17, 15) is 5.11 Å². The van der Waals surface area contributed by atoms with Gasteiger partial charge in [0.25, 0.3) is 0 Å². The van der Waals surface area contributed by atoms with Crippen LogP contribution in [-0.2, 0) is 4.74 Å². The van der Waals surface area contributed by atoms with Gasteiger partial charge in [0.15, 0.2) is 0 Å². The fraction of sp³-hybridized carbons (Fsp3) is 1.00. The molecule has 4 atom stereocenters. The Bertz CT molecular complexity index is 162. The minimum Gasteiger partial charge on any atom is -0.391 e. The monoisotopic (exact) mass is 183 g/mol. The van der Waals surface area contributed by atoms with Crippen LogP contribution in [-0.4, -0.2) is 62.8 Å². The molecule has 1 aliphatic heterocycles. The van der Waals surface area contributed by atoms with E-state index in [-0.39, 0.29) is 6.61 Å². The number of aliphatic hydroxyl groups excluding tert-OH is 4. The molecule has 12 heavy (non-hydrogen) atoms. The highest BCUT2D eigenvalue weighted by Crippen LogP contribution is 2.22. The predicted octanol–water partition coefficient (Wildman–Crippen LogP) is -3.22. The van der Waals surface area contributed by atoms with Crippen LogP contribution in [0.2, 0.25) is 0 Å². The van der Waals surface area contributed by atoms with E-state index in [4.69, 9.17) is 20.4 Å². The topological polar surface area (TPSA) is 110 Å². The molecule has 6 heteroatoms. The second-order valence-corrected chi connectivity index (χ2v) is 2.82. The summed E-state index contributed by atoms with van der Waals surface area (Å²) in [6, 6.07) is 0. The summed E-state index contributed by atoms with van der Waals surface area (Å²) in [6.07, 6.45) is -4.45. The van der Waals surface area contributed by atoms with Crippen LogP contribution in [0.5, 0.6) is 0 Å². The molecule has 1 heterocycles. The quantitative estimate of drug-likeness (QED) is 0.273. The van der Waals surface area contributed by atoms with Gasteiger partial charge in [-0.25, -0.2) is 0 Å². The summed E-state index contributed by atoms with van der Waals surface area (Å²) in [4.78, 5) is 0. The fourth-order valence-corrected chi connectivity index (χ4v) is 1.03. The van der Waals surface area contributed by atoms with Gasteiger partial charge in [0, 0.05) is 0 Å². The van der Waals surface area contributed by atoms with Crippen molar-refractivity contribution in [1.29, 1.82) is 0 Å². The molecule has 1 fully saturated rings. The largest absolute Gasteiger partial charge is 0.391 e. The van der Waals surface area contributed by atoms with Crippen LogP contribution >= 0.6 is 0 Å². The molecule has 2 unspecified atom stereocenters. The molecule has 5 N–H and O–H groups in total. The van der Waals surface area contributed by atoms with Crippen LogP contribution in [0, 0.1) is 0 Å². The third kappa shape index (κ3) is 1.45. The minimum absolute atomic E-state index is 0.324. The van der Waals surface area contributed by atoms with Crippen LogP contribution < -0.4 is 0 Å². The standard InChI is InChI=1S/C6H12O6/c7-2-6(11)5(10)4(9)3(8)1-12-6/h3-5,7-11H,1-2H2/t3-,4-,5?,6?/m0/s1/i2+1,5+1,6+1. The Morgan fingerprint density at radius 1 is 1.33 bits per heavy atom. The summed E-state index contributed by atoms with van der Waals surface area (Å²) in [7, 11) is 0. The maximum atomic E-state index is 9.24.